The Morgan fingerprint density at radius 2 is 2.05 bits per heavy atom. The van der Waals surface area contributed by atoms with E-state index in [-0.39, 0.29) is 0 Å². The number of sulfonamides is 1. The maximum absolute atomic E-state index is 12.3. The summed E-state index contributed by atoms with van der Waals surface area (Å²) >= 11 is 1.58. The van der Waals surface area contributed by atoms with E-state index in [1.807, 2.05) is 12.3 Å². The van der Waals surface area contributed by atoms with E-state index in [2.05, 4.69) is 4.72 Å². The molecule has 1 N–H and O–H groups in total. The Balaban J connectivity index is 1.82. The van der Waals surface area contributed by atoms with Gasteiger partial charge in [0, 0.05) is 10.3 Å². The normalized spacial score (nSPS) is 20.2. The molecule has 0 saturated heterocycles. The summed E-state index contributed by atoms with van der Waals surface area (Å²) in [6, 6.07) is 0. The first-order chi connectivity index (χ1) is 9.49. The van der Waals surface area contributed by atoms with Crippen molar-refractivity contribution >= 4 is 27.3 Å². The van der Waals surface area contributed by atoms with E-state index >= 15 is 0 Å². The quantitative estimate of drug-likeness (QED) is 0.929. The van der Waals surface area contributed by atoms with Crippen LogP contribution in [0.2, 0.25) is 0 Å². The molecule has 0 unspecified atom stereocenters. The van der Waals surface area contributed by atoms with Gasteiger partial charge in [-0.05, 0) is 50.5 Å². The highest BCUT2D eigenvalue weighted by Crippen LogP contribution is 2.45. The molecule has 1 heterocycles. The van der Waals surface area contributed by atoms with Gasteiger partial charge >= 0.3 is 0 Å². The summed E-state index contributed by atoms with van der Waals surface area (Å²) in [4.78, 5) is 13.5. The average Bonchev–Trinajstić information content (AvgIpc) is 3.12. The predicted molar refractivity (Wildman–Crippen MR) is 79.6 cm³/mol. The highest BCUT2D eigenvalue weighted by Gasteiger charge is 2.53. The summed E-state index contributed by atoms with van der Waals surface area (Å²) in [5.41, 5.74) is 1.63. The Kier molecular flexibility index (Phi) is 3.41. The van der Waals surface area contributed by atoms with Crippen molar-refractivity contribution in [3.8, 4) is 0 Å². The van der Waals surface area contributed by atoms with Gasteiger partial charge in [-0.2, -0.15) is 0 Å². The van der Waals surface area contributed by atoms with Gasteiger partial charge in [0.15, 0.2) is 0 Å². The number of hydrogen-bond acceptors (Lipinski definition) is 4. The number of nitrogens with one attached hydrogen (secondary N) is 1. The van der Waals surface area contributed by atoms with E-state index in [0.29, 0.717) is 24.8 Å². The Bertz CT molecular complexity index is 641. The van der Waals surface area contributed by atoms with Gasteiger partial charge in [0.2, 0.25) is 10.0 Å². The lowest BCUT2D eigenvalue weighted by molar-refractivity contribution is 0.0980. The zero-order valence-electron chi connectivity index (χ0n) is 11.6. The Morgan fingerprint density at radius 3 is 2.70 bits per heavy atom. The van der Waals surface area contributed by atoms with E-state index in [1.165, 1.54) is 4.88 Å². The smallest absolute Gasteiger partial charge is 0.265 e. The molecule has 1 aromatic rings. The minimum absolute atomic E-state index is 0.441. The summed E-state index contributed by atoms with van der Waals surface area (Å²) in [5.74, 6) is -0.441. The van der Waals surface area contributed by atoms with Crippen LogP contribution >= 0.6 is 11.3 Å². The number of amides is 1. The molecule has 0 atom stereocenters. The highest BCUT2D eigenvalue weighted by molar-refractivity contribution is 7.91. The third-order valence-corrected chi connectivity index (χ3v) is 7.93. The second kappa shape index (κ2) is 4.84. The van der Waals surface area contributed by atoms with Crippen molar-refractivity contribution in [3.05, 3.63) is 21.4 Å². The maximum Gasteiger partial charge on any atom is 0.265 e. The molecule has 4 nitrogen and oxygen atoms in total. The van der Waals surface area contributed by atoms with Crippen molar-refractivity contribution < 1.29 is 13.2 Å². The standard InChI is InChI=1S/C14H19NO3S2/c1-2-14(7-8-14)20(17,18)15-13(16)11-9-19-12-6-4-3-5-10(11)12/h9H,2-8H2,1H3,(H,15,16). The van der Waals surface area contributed by atoms with Gasteiger partial charge in [-0.1, -0.05) is 6.92 Å². The summed E-state index contributed by atoms with van der Waals surface area (Å²) in [5, 5.41) is 1.81. The van der Waals surface area contributed by atoms with Crippen LogP contribution < -0.4 is 4.72 Å². The molecule has 1 fully saturated rings. The highest BCUT2D eigenvalue weighted by atomic mass is 32.2. The SMILES string of the molecule is CCC1(S(=O)(=O)NC(=O)c2csc3c2CCCC3)CC1. The fourth-order valence-electron chi connectivity index (χ4n) is 2.92. The predicted octanol–water partition coefficient (Wildman–Crippen LogP) is 2.63. The topological polar surface area (TPSA) is 63.2 Å². The van der Waals surface area contributed by atoms with Gasteiger partial charge in [-0.25, -0.2) is 13.1 Å². The van der Waals surface area contributed by atoms with Crippen LogP contribution in [0.1, 0.15) is 59.8 Å². The lowest BCUT2D eigenvalue weighted by Crippen LogP contribution is -2.39. The van der Waals surface area contributed by atoms with Gasteiger partial charge < -0.3 is 0 Å². The van der Waals surface area contributed by atoms with E-state index in [4.69, 9.17) is 0 Å². The molecule has 1 aromatic heterocycles. The van der Waals surface area contributed by atoms with Crippen molar-refractivity contribution in [1.82, 2.24) is 4.72 Å². The summed E-state index contributed by atoms with van der Waals surface area (Å²) in [7, 11) is -3.55. The number of hydrogen-bond donors (Lipinski definition) is 1. The molecule has 110 valence electrons. The molecule has 6 heteroatoms. The average molecular weight is 313 g/mol. The van der Waals surface area contributed by atoms with Crippen LogP contribution in [0, 0.1) is 0 Å². The molecule has 0 aliphatic heterocycles. The largest absolute Gasteiger partial charge is 0.268 e. The third kappa shape index (κ3) is 2.19. The fourth-order valence-corrected chi connectivity index (χ4v) is 5.64. The molecule has 0 radical (unpaired) electrons. The first-order valence-electron chi connectivity index (χ1n) is 7.15. The van der Waals surface area contributed by atoms with Crippen molar-refractivity contribution in [1.29, 1.82) is 0 Å². The molecule has 20 heavy (non-hydrogen) atoms. The van der Waals surface area contributed by atoms with E-state index in [9.17, 15) is 13.2 Å². The second-order valence-corrected chi connectivity index (χ2v) is 8.77. The van der Waals surface area contributed by atoms with Crippen LogP contribution in [-0.4, -0.2) is 19.1 Å². The number of thiophene rings is 1. The van der Waals surface area contributed by atoms with Crippen LogP contribution in [0.15, 0.2) is 5.38 Å². The number of aryl methyl sites for hydroxylation is 1. The van der Waals surface area contributed by atoms with Crippen molar-refractivity contribution in [2.24, 2.45) is 0 Å². The van der Waals surface area contributed by atoms with Gasteiger partial charge in [0.1, 0.15) is 0 Å². The molecule has 3 rings (SSSR count). The lowest BCUT2D eigenvalue weighted by Gasteiger charge is -2.16. The Labute approximate surface area is 123 Å². The summed E-state index contributed by atoms with van der Waals surface area (Å²) in [6.07, 6.45) is 6.03. The molecular formula is C14H19NO3S2. The van der Waals surface area contributed by atoms with Crippen molar-refractivity contribution in [2.75, 3.05) is 0 Å². The molecule has 2 aliphatic rings. The van der Waals surface area contributed by atoms with Crippen molar-refractivity contribution in [2.45, 2.75) is 56.6 Å². The van der Waals surface area contributed by atoms with E-state index in [0.717, 1.165) is 31.2 Å². The fraction of sp³-hybridized carbons (Fsp3) is 0.643. The van der Waals surface area contributed by atoms with E-state index < -0.39 is 20.7 Å². The van der Waals surface area contributed by atoms with Crippen molar-refractivity contribution in [3.63, 3.8) is 0 Å². The first kappa shape index (κ1) is 14.1. The van der Waals surface area contributed by atoms with Crippen LogP contribution in [-0.2, 0) is 22.9 Å². The third-order valence-electron chi connectivity index (χ3n) is 4.56. The van der Waals surface area contributed by atoms with Crippen LogP contribution in [0.5, 0.6) is 0 Å². The number of fused-ring (bicyclic) bond motifs is 1. The van der Waals surface area contributed by atoms with E-state index in [1.54, 1.807) is 11.3 Å². The summed E-state index contributed by atoms with van der Waals surface area (Å²) in [6.45, 7) is 1.86. The molecule has 1 saturated carbocycles. The number of carbonyl (C=O) groups is 1. The Hall–Kier alpha value is -0.880. The maximum atomic E-state index is 12.3. The van der Waals surface area contributed by atoms with Crippen LogP contribution in [0.4, 0.5) is 0 Å². The summed E-state index contributed by atoms with van der Waals surface area (Å²) < 4.78 is 26.2. The van der Waals surface area contributed by atoms with Crippen LogP contribution in [0.25, 0.3) is 0 Å². The molecule has 0 aromatic carbocycles. The molecule has 0 spiro atoms. The monoisotopic (exact) mass is 313 g/mol. The van der Waals surface area contributed by atoms with Gasteiger partial charge in [-0.3, -0.25) is 4.79 Å². The minimum Gasteiger partial charge on any atom is -0.268 e. The number of rotatable bonds is 4. The second-order valence-electron chi connectivity index (χ2n) is 5.73. The minimum atomic E-state index is -3.55. The lowest BCUT2D eigenvalue weighted by atomic mass is 9.96. The molecular weight excluding hydrogens is 294 g/mol. The van der Waals surface area contributed by atoms with Crippen LogP contribution in [0.3, 0.4) is 0 Å². The first-order valence-corrected chi connectivity index (χ1v) is 9.51. The number of carbonyl (C=O) groups excluding carboxylic acids is 1. The molecule has 2 aliphatic carbocycles. The Morgan fingerprint density at radius 1 is 1.35 bits per heavy atom. The van der Waals surface area contributed by atoms with Gasteiger partial charge in [-0.15, -0.1) is 11.3 Å². The zero-order valence-corrected chi connectivity index (χ0v) is 13.2. The van der Waals surface area contributed by atoms with Gasteiger partial charge in [0.25, 0.3) is 5.91 Å². The molecule has 1 amide bonds. The zero-order chi connectivity index (χ0) is 14.4. The molecule has 0 bridgehead atoms. The van der Waals surface area contributed by atoms with Gasteiger partial charge in [0.05, 0.1) is 10.3 Å².